The van der Waals surface area contributed by atoms with Crippen LogP contribution in [0.25, 0.3) is 0 Å². The predicted molar refractivity (Wildman–Crippen MR) is 79.1 cm³/mol. The summed E-state index contributed by atoms with van der Waals surface area (Å²) in [4.78, 5) is 14.8. The third-order valence-electron chi connectivity index (χ3n) is 3.94. The van der Waals surface area contributed by atoms with Crippen LogP contribution in [0.1, 0.15) is 63.6 Å². The van der Waals surface area contributed by atoms with Gasteiger partial charge in [0.05, 0.1) is 0 Å². The fourth-order valence-electron chi connectivity index (χ4n) is 2.75. The van der Waals surface area contributed by atoms with Crippen LogP contribution in [0, 0.1) is 11.3 Å². The maximum atomic E-state index is 11.9. The van der Waals surface area contributed by atoms with E-state index in [2.05, 4.69) is 25.8 Å². The molecule has 3 heteroatoms. The van der Waals surface area contributed by atoms with Crippen LogP contribution in [-0.2, 0) is 6.42 Å². The van der Waals surface area contributed by atoms with E-state index in [1.165, 1.54) is 24.8 Å². The number of nitrogens with one attached hydrogen (secondary N) is 1. The minimum atomic E-state index is -0.117. The highest BCUT2D eigenvalue weighted by Crippen LogP contribution is 2.33. The molecule has 0 aliphatic heterocycles. The van der Waals surface area contributed by atoms with E-state index in [1.807, 2.05) is 12.3 Å². The van der Waals surface area contributed by atoms with E-state index in [9.17, 15) is 4.79 Å². The lowest BCUT2D eigenvalue weighted by Gasteiger charge is -2.28. The van der Waals surface area contributed by atoms with Crippen molar-refractivity contribution >= 4 is 0 Å². The third-order valence-corrected chi connectivity index (χ3v) is 3.94. The Morgan fingerprint density at radius 2 is 2.11 bits per heavy atom. The number of hydrogen-bond acceptors (Lipinski definition) is 2. The third kappa shape index (κ3) is 3.93. The Bertz CT molecular complexity index is 480. The van der Waals surface area contributed by atoms with E-state index >= 15 is 0 Å². The van der Waals surface area contributed by atoms with Gasteiger partial charge in [0.15, 0.2) is 0 Å². The number of H-pyrrole nitrogens is 1. The summed E-state index contributed by atoms with van der Waals surface area (Å²) < 4.78 is 0. The SMILES string of the molecule is CC(C)(C)Cc1c[nH]c(=O)c(C(N)CC2CCC2)c1. The molecule has 106 valence electrons. The molecule has 0 bridgehead atoms. The Balaban J connectivity index is 2.13. The molecule has 0 spiro atoms. The number of aromatic nitrogens is 1. The zero-order valence-corrected chi connectivity index (χ0v) is 12.3. The largest absolute Gasteiger partial charge is 0.329 e. The van der Waals surface area contributed by atoms with Crippen molar-refractivity contribution in [3.05, 3.63) is 33.7 Å². The summed E-state index contributed by atoms with van der Waals surface area (Å²) in [6, 6.07) is 1.89. The van der Waals surface area contributed by atoms with Gasteiger partial charge in [0.1, 0.15) is 0 Å². The molecule has 1 aromatic rings. The molecule has 1 fully saturated rings. The van der Waals surface area contributed by atoms with E-state index in [0.29, 0.717) is 0 Å². The Labute approximate surface area is 115 Å². The Morgan fingerprint density at radius 1 is 1.42 bits per heavy atom. The molecule has 1 atom stereocenters. The standard InChI is InChI=1S/C16H26N2O/c1-16(2,3)9-12-7-13(15(19)18-10-12)14(17)8-11-5-4-6-11/h7,10-11,14H,4-6,8-9,17H2,1-3H3,(H,18,19). The quantitative estimate of drug-likeness (QED) is 0.875. The summed E-state index contributed by atoms with van der Waals surface area (Å²) in [6.45, 7) is 6.60. The number of aromatic amines is 1. The smallest absolute Gasteiger partial charge is 0.252 e. The first-order chi connectivity index (χ1) is 8.85. The first kappa shape index (κ1) is 14.3. The monoisotopic (exact) mass is 262 g/mol. The van der Waals surface area contributed by atoms with Gasteiger partial charge in [-0.3, -0.25) is 4.79 Å². The van der Waals surface area contributed by atoms with Crippen molar-refractivity contribution in [3.63, 3.8) is 0 Å². The molecular weight excluding hydrogens is 236 g/mol. The van der Waals surface area contributed by atoms with Gasteiger partial charge in [-0.25, -0.2) is 0 Å². The first-order valence-electron chi connectivity index (χ1n) is 7.32. The fraction of sp³-hybridized carbons (Fsp3) is 0.688. The lowest BCUT2D eigenvalue weighted by molar-refractivity contribution is 0.277. The van der Waals surface area contributed by atoms with Gasteiger partial charge in [-0.1, -0.05) is 40.0 Å². The molecule has 1 heterocycles. The van der Waals surface area contributed by atoms with Crippen molar-refractivity contribution in [2.24, 2.45) is 17.1 Å². The first-order valence-corrected chi connectivity index (χ1v) is 7.32. The summed E-state index contributed by atoms with van der Waals surface area (Å²) in [7, 11) is 0. The molecule has 1 aromatic heterocycles. The van der Waals surface area contributed by atoms with E-state index in [4.69, 9.17) is 5.73 Å². The van der Waals surface area contributed by atoms with Crippen molar-refractivity contribution in [1.29, 1.82) is 0 Å². The maximum Gasteiger partial charge on any atom is 0.252 e. The average Bonchev–Trinajstić information content (AvgIpc) is 2.24. The van der Waals surface area contributed by atoms with Gasteiger partial charge in [-0.05, 0) is 35.8 Å². The molecule has 3 N–H and O–H groups in total. The van der Waals surface area contributed by atoms with Crippen LogP contribution in [-0.4, -0.2) is 4.98 Å². The van der Waals surface area contributed by atoms with Crippen LogP contribution >= 0.6 is 0 Å². The highest BCUT2D eigenvalue weighted by Gasteiger charge is 2.23. The van der Waals surface area contributed by atoms with Gasteiger partial charge < -0.3 is 10.7 Å². The van der Waals surface area contributed by atoms with Crippen molar-refractivity contribution in [1.82, 2.24) is 4.98 Å². The van der Waals surface area contributed by atoms with Gasteiger partial charge in [0, 0.05) is 17.8 Å². The second kappa shape index (κ2) is 5.49. The fourth-order valence-corrected chi connectivity index (χ4v) is 2.75. The van der Waals surface area contributed by atoms with E-state index in [0.717, 1.165) is 24.3 Å². The normalized spacial score (nSPS) is 18.1. The zero-order chi connectivity index (χ0) is 14.0. The predicted octanol–water partition coefficient (Wildman–Crippen LogP) is 3.15. The Morgan fingerprint density at radius 3 is 2.63 bits per heavy atom. The molecule has 1 aliphatic carbocycles. The second-order valence-corrected chi connectivity index (χ2v) is 7.17. The average molecular weight is 262 g/mol. The summed E-state index contributed by atoms with van der Waals surface area (Å²) in [5.41, 5.74) is 8.34. The van der Waals surface area contributed by atoms with Crippen molar-refractivity contribution < 1.29 is 0 Å². The summed E-state index contributed by atoms with van der Waals surface area (Å²) in [5.74, 6) is 0.723. The number of hydrogen-bond donors (Lipinski definition) is 2. The van der Waals surface area contributed by atoms with Crippen molar-refractivity contribution in [2.45, 2.75) is 58.9 Å². The van der Waals surface area contributed by atoms with Crippen LogP contribution < -0.4 is 11.3 Å². The molecule has 0 radical (unpaired) electrons. The van der Waals surface area contributed by atoms with Gasteiger partial charge in [0.25, 0.3) is 5.56 Å². The van der Waals surface area contributed by atoms with E-state index < -0.39 is 0 Å². The lowest BCUT2D eigenvalue weighted by Crippen LogP contribution is -2.26. The molecule has 1 aliphatic rings. The van der Waals surface area contributed by atoms with Crippen LogP contribution in [0.5, 0.6) is 0 Å². The van der Waals surface area contributed by atoms with Crippen LogP contribution in [0.3, 0.4) is 0 Å². The van der Waals surface area contributed by atoms with E-state index in [1.54, 1.807) is 0 Å². The molecule has 1 saturated carbocycles. The van der Waals surface area contributed by atoms with Crippen LogP contribution in [0.2, 0.25) is 0 Å². The molecule has 3 nitrogen and oxygen atoms in total. The number of rotatable bonds is 4. The maximum absolute atomic E-state index is 11.9. The molecule has 1 unspecified atom stereocenters. The summed E-state index contributed by atoms with van der Waals surface area (Å²) >= 11 is 0. The van der Waals surface area contributed by atoms with Crippen LogP contribution in [0.4, 0.5) is 0 Å². The van der Waals surface area contributed by atoms with E-state index in [-0.39, 0.29) is 17.0 Å². The Kier molecular flexibility index (Phi) is 4.14. The summed E-state index contributed by atoms with van der Waals surface area (Å²) in [6.07, 6.45) is 7.58. The molecule has 0 aromatic carbocycles. The van der Waals surface area contributed by atoms with Crippen LogP contribution in [0.15, 0.2) is 17.1 Å². The zero-order valence-electron chi connectivity index (χ0n) is 12.3. The molecule has 2 rings (SSSR count). The highest BCUT2D eigenvalue weighted by molar-refractivity contribution is 5.22. The second-order valence-electron chi connectivity index (χ2n) is 7.17. The molecule has 0 saturated heterocycles. The van der Waals surface area contributed by atoms with Gasteiger partial charge in [0.2, 0.25) is 0 Å². The minimum Gasteiger partial charge on any atom is -0.329 e. The summed E-state index contributed by atoms with van der Waals surface area (Å²) in [5, 5.41) is 0. The van der Waals surface area contributed by atoms with Gasteiger partial charge in [-0.15, -0.1) is 0 Å². The molecule has 0 amide bonds. The highest BCUT2D eigenvalue weighted by atomic mass is 16.1. The van der Waals surface area contributed by atoms with Gasteiger partial charge >= 0.3 is 0 Å². The lowest BCUT2D eigenvalue weighted by atomic mass is 9.79. The topological polar surface area (TPSA) is 58.9 Å². The Hall–Kier alpha value is -1.09. The minimum absolute atomic E-state index is 0.0236. The molecular formula is C16H26N2O. The number of pyridine rings is 1. The van der Waals surface area contributed by atoms with Crippen molar-refractivity contribution in [3.8, 4) is 0 Å². The molecule has 19 heavy (non-hydrogen) atoms. The van der Waals surface area contributed by atoms with Gasteiger partial charge in [-0.2, -0.15) is 0 Å². The van der Waals surface area contributed by atoms with Crippen molar-refractivity contribution in [2.75, 3.05) is 0 Å². The number of nitrogens with two attached hydrogens (primary N) is 1.